The predicted octanol–water partition coefficient (Wildman–Crippen LogP) is 4.95. The lowest BCUT2D eigenvalue weighted by Gasteiger charge is -2.45. The summed E-state index contributed by atoms with van der Waals surface area (Å²) in [4.78, 5) is 40.1. The molecule has 0 aliphatic carbocycles. The van der Waals surface area contributed by atoms with Gasteiger partial charge in [0.15, 0.2) is 5.69 Å². The fraction of sp³-hybridized carbons (Fsp3) is 0.513. The highest BCUT2D eigenvalue weighted by atomic mass is 16.5. The van der Waals surface area contributed by atoms with E-state index < -0.39 is 5.54 Å². The molecule has 0 saturated carbocycles. The monoisotopic (exact) mass is 652 g/mol. The molecule has 3 aromatic rings. The molecule has 2 amide bonds. The number of carbonyl (C=O) groups excluding carboxylic acids is 2. The van der Waals surface area contributed by atoms with E-state index in [4.69, 9.17) is 9.72 Å². The molecule has 6 rings (SSSR count). The van der Waals surface area contributed by atoms with Crippen molar-refractivity contribution in [1.82, 2.24) is 24.6 Å². The molecule has 3 fully saturated rings. The number of nitrogens with one attached hydrogen (secondary N) is 1. The summed E-state index contributed by atoms with van der Waals surface area (Å²) in [5.74, 6) is 0.689. The molecule has 2 aromatic carbocycles. The van der Waals surface area contributed by atoms with Crippen LogP contribution in [0.5, 0.6) is 0 Å². The summed E-state index contributed by atoms with van der Waals surface area (Å²) in [5, 5.41) is 3.70. The van der Waals surface area contributed by atoms with Crippen molar-refractivity contribution in [2.75, 3.05) is 77.4 Å². The van der Waals surface area contributed by atoms with Crippen molar-refractivity contribution in [2.24, 2.45) is 5.92 Å². The second kappa shape index (κ2) is 15.6. The van der Waals surface area contributed by atoms with Crippen LogP contribution in [0.2, 0.25) is 0 Å². The van der Waals surface area contributed by atoms with E-state index in [1.807, 2.05) is 23.2 Å². The molecule has 0 spiro atoms. The number of piperidine rings is 1. The lowest BCUT2D eigenvalue weighted by molar-refractivity contribution is -0.123. The molecule has 0 atom stereocenters. The summed E-state index contributed by atoms with van der Waals surface area (Å²) >= 11 is 0. The van der Waals surface area contributed by atoms with E-state index in [0.717, 1.165) is 67.2 Å². The Labute approximate surface area is 286 Å². The van der Waals surface area contributed by atoms with Gasteiger partial charge in [0, 0.05) is 57.6 Å². The van der Waals surface area contributed by atoms with Crippen LogP contribution in [0.25, 0.3) is 11.1 Å². The maximum atomic E-state index is 14.2. The molecule has 9 nitrogen and oxygen atoms in total. The summed E-state index contributed by atoms with van der Waals surface area (Å²) < 4.78 is 5.74. The van der Waals surface area contributed by atoms with Crippen LogP contribution in [-0.2, 0) is 22.5 Å². The van der Waals surface area contributed by atoms with Gasteiger partial charge >= 0.3 is 0 Å². The number of hydrogen-bond acceptors (Lipinski definition) is 7. The molecule has 48 heavy (non-hydrogen) atoms. The van der Waals surface area contributed by atoms with Crippen molar-refractivity contribution >= 4 is 18.0 Å². The first-order valence-corrected chi connectivity index (χ1v) is 17.8. The van der Waals surface area contributed by atoms with Gasteiger partial charge in [-0.3, -0.25) is 14.5 Å². The number of carbonyl (C=O) groups is 2. The molecule has 0 unspecified atom stereocenters. The Hall–Kier alpha value is -3.79. The van der Waals surface area contributed by atoms with Crippen molar-refractivity contribution in [3.8, 4) is 11.1 Å². The zero-order chi connectivity index (χ0) is 33.5. The number of anilines is 1. The van der Waals surface area contributed by atoms with E-state index in [9.17, 15) is 9.59 Å². The molecule has 3 aliphatic heterocycles. The predicted molar refractivity (Wildman–Crippen MR) is 191 cm³/mol. The Balaban J connectivity index is 1.20. The van der Waals surface area contributed by atoms with E-state index in [1.165, 1.54) is 31.5 Å². The van der Waals surface area contributed by atoms with Crippen molar-refractivity contribution in [1.29, 1.82) is 0 Å². The maximum Gasteiger partial charge on any atom is 0.274 e. The van der Waals surface area contributed by atoms with Crippen molar-refractivity contribution in [3.05, 3.63) is 83.2 Å². The van der Waals surface area contributed by atoms with Crippen LogP contribution in [0.1, 0.15) is 53.9 Å². The van der Waals surface area contributed by atoms with Crippen LogP contribution < -0.4 is 5.32 Å². The molecule has 0 bridgehead atoms. The molecular formula is C39H52N6O3. The van der Waals surface area contributed by atoms with E-state index in [0.29, 0.717) is 50.8 Å². The van der Waals surface area contributed by atoms with E-state index in [2.05, 4.69) is 78.4 Å². The van der Waals surface area contributed by atoms with Crippen LogP contribution in [0.15, 0.2) is 60.8 Å². The first-order valence-electron chi connectivity index (χ1n) is 17.8. The summed E-state index contributed by atoms with van der Waals surface area (Å²) in [6.45, 7) is 16.1. The van der Waals surface area contributed by atoms with Gasteiger partial charge in [0.25, 0.3) is 5.91 Å². The van der Waals surface area contributed by atoms with Crippen molar-refractivity contribution in [2.45, 2.75) is 52.1 Å². The number of piperazine rings is 1. The number of hydrogen-bond donors (Lipinski definition) is 1. The van der Waals surface area contributed by atoms with Gasteiger partial charge in [0.05, 0.1) is 18.9 Å². The Morgan fingerprint density at radius 3 is 2.38 bits per heavy atom. The topological polar surface area (TPSA) is 81.3 Å². The summed E-state index contributed by atoms with van der Waals surface area (Å²) in [6, 6.07) is 18.8. The molecule has 256 valence electrons. The number of benzene rings is 2. The lowest BCUT2D eigenvalue weighted by atomic mass is 9.94. The number of ether oxygens (including phenoxy) is 1. The van der Waals surface area contributed by atoms with Gasteiger partial charge in [-0.2, -0.15) is 0 Å². The largest absolute Gasteiger partial charge is 0.376 e. The van der Waals surface area contributed by atoms with Gasteiger partial charge in [-0.15, -0.1) is 0 Å². The fourth-order valence-corrected chi connectivity index (χ4v) is 7.39. The van der Waals surface area contributed by atoms with Crippen molar-refractivity contribution < 1.29 is 14.3 Å². The van der Waals surface area contributed by atoms with E-state index in [1.54, 1.807) is 4.90 Å². The minimum absolute atomic E-state index is 0.0512. The third-order valence-corrected chi connectivity index (χ3v) is 10.4. The zero-order valence-corrected chi connectivity index (χ0v) is 29.0. The highest BCUT2D eigenvalue weighted by Crippen LogP contribution is 2.31. The zero-order valence-electron chi connectivity index (χ0n) is 29.0. The quantitative estimate of drug-likeness (QED) is 0.262. The molecule has 9 heteroatoms. The fourth-order valence-electron chi connectivity index (χ4n) is 7.39. The number of nitrogens with zero attached hydrogens (tertiary/aromatic N) is 5. The molecule has 1 aromatic heterocycles. The second-order valence-electron chi connectivity index (χ2n) is 14.0. The van der Waals surface area contributed by atoms with E-state index in [-0.39, 0.29) is 5.91 Å². The van der Waals surface area contributed by atoms with Gasteiger partial charge in [-0.05, 0) is 74.5 Å². The van der Waals surface area contributed by atoms with Crippen molar-refractivity contribution in [3.63, 3.8) is 0 Å². The number of aryl methyl sites for hydroxylation is 2. The second-order valence-corrected chi connectivity index (χ2v) is 14.0. The molecule has 0 radical (unpaired) electrons. The molecule has 3 aliphatic rings. The Bertz CT molecular complexity index is 1540. The number of rotatable bonds is 13. The highest BCUT2D eigenvalue weighted by Gasteiger charge is 2.41. The molecule has 1 N–H and O–H groups in total. The molecular weight excluding hydrogens is 600 g/mol. The standard InChI is InChI=1S/C39H52N6O3/c1-4-31-9-7-11-34(21-31)35-22-36(41-39(27-48-28-39)26-44(29-46)25-33-10-6-8-30(3)20-33)37(40-23-35)38(47)45-18-16-43(17-19-45)24-32-12-14-42(5-2)15-13-32/h6-11,20-23,29,32,41H,4-5,12-19,24-28H2,1-3H3. The highest BCUT2D eigenvalue weighted by molar-refractivity contribution is 5.98. The normalized spacial score (nSPS) is 18.7. The number of amides is 2. The summed E-state index contributed by atoms with van der Waals surface area (Å²) in [7, 11) is 0. The summed E-state index contributed by atoms with van der Waals surface area (Å²) in [5.41, 5.74) is 6.09. The SMILES string of the molecule is CCc1cccc(-c2cnc(C(=O)N3CCN(CC4CCN(CC)CC4)CC3)c(NC3(CN(C=O)Cc4cccc(C)c4)COC3)c2)c1. The van der Waals surface area contributed by atoms with Crippen LogP contribution in [0, 0.1) is 12.8 Å². The van der Waals surface area contributed by atoms with Crippen LogP contribution >= 0.6 is 0 Å². The number of aromatic nitrogens is 1. The average Bonchev–Trinajstić information content (AvgIpc) is 3.10. The van der Waals surface area contributed by atoms with Crippen LogP contribution in [0.3, 0.4) is 0 Å². The number of likely N-dealkylation sites (tertiary alicyclic amines) is 1. The molecule has 3 saturated heterocycles. The third-order valence-electron chi connectivity index (χ3n) is 10.4. The minimum Gasteiger partial charge on any atom is -0.376 e. The maximum absolute atomic E-state index is 14.2. The Morgan fingerprint density at radius 2 is 1.71 bits per heavy atom. The molecule has 4 heterocycles. The van der Waals surface area contributed by atoms with E-state index >= 15 is 0 Å². The minimum atomic E-state index is -0.530. The van der Waals surface area contributed by atoms with Gasteiger partial charge in [-0.25, -0.2) is 4.98 Å². The first-order chi connectivity index (χ1) is 23.4. The number of pyridine rings is 1. The van der Waals surface area contributed by atoms with Gasteiger partial charge < -0.3 is 24.8 Å². The smallest absolute Gasteiger partial charge is 0.274 e. The van der Waals surface area contributed by atoms with Gasteiger partial charge in [0.2, 0.25) is 6.41 Å². The van der Waals surface area contributed by atoms with Gasteiger partial charge in [-0.1, -0.05) is 67.9 Å². The average molecular weight is 653 g/mol. The van der Waals surface area contributed by atoms with Crippen LogP contribution in [-0.4, -0.2) is 115 Å². The Kier molecular flexibility index (Phi) is 11.1. The van der Waals surface area contributed by atoms with Crippen LogP contribution in [0.4, 0.5) is 5.69 Å². The Morgan fingerprint density at radius 1 is 0.958 bits per heavy atom. The summed E-state index contributed by atoms with van der Waals surface area (Å²) in [6.07, 6.45) is 6.20. The van der Waals surface area contributed by atoms with Gasteiger partial charge in [0.1, 0.15) is 5.54 Å². The lowest BCUT2D eigenvalue weighted by Crippen LogP contribution is -2.62. The first kappa shape index (κ1) is 34.1. The third kappa shape index (κ3) is 8.25.